The SMILES string of the molecule is CSCCC1(C#N)CCC(C)(C)C1=O. The first-order valence-electron chi connectivity index (χ1n) is 4.94. The van der Waals surface area contributed by atoms with Gasteiger partial charge in [-0.25, -0.2) is 0 Å². The van der Waals surface area contributed by atoms with Crippen molar-refractivity contribution in [1.82, 2.24) is 0 Å². The van der Waals surface area contributed by atoms with Crippen LogP contribution < -0.4 is 0 Å². The Kier molecular flexibility index (Phi) is 3.26. The molecule has 14 heavy (non-hydrogen) atoms. The lowest BCUT2D eigenvalue weighted by Crippen LogP contribution is -2.31. The second-order valence-electron chi connectivity index (χ2n) is 4.65. The molecule has 2 nitrogen and oxygen atoms in total. The minimum absolute atomic E-state index is 0.154. The van der Waals surface area contributed by atoms with E-state index >= 15 is 0 Å². The fourth-order valence-electron chi connectivity index (χ4n) is 2.08. The molecule has 0 bridgehead atoms. The Morgan fingerprint density at radius 2 is 2.14 bits per heavy atom. The fourth-order valence-corrected chi connectivity index (χ4v) is 2.63. The van der Waals surface area contributed by atoms with Gasteiger partial charge in [-0.2, -0.15) is 17.0 Å². The number of carbonyl (C=O) groups excluding carboxylic acids is 1. The molecule has 1 atom stereocenters. The molecular formula is C11H17NOS. The van der Waals surface area contributed by atoms with Crippen LogP contribution in [0, 0.1) is 22.2 Å². The molecule has 0 aromatic heterocycles. The Labute approximate surface area is 90.1 Å². The molecule has 1 saturated carbocycles. The highest BCUT2D eigenvalue weighted by molar-refractivity contribution is 7.98. The Balaban J connectivity index is 2.84. The molecule has 1 fully saturated rings. The van der Waals surface area contributed by atoms with E-state index in [1.807, 2.05) is 20.1 Å². The highest BCUT2D eigenvalue weighted by Crippen LogP contribution is 2.47. The van der Waals surface area contributed by atoms with Crippen LogP contribution in [0.4, 0.5) is 0 Å². The van der Waals surface area contributed by atoms with Gasteiger partial charge in [0.2, 0.25) is 0 Å². The van der Waals surface area contributed by atoms with Crippen LogP contribution in [0.5, 0.6) is 0 Å². The van der Waals surface area contributed by atoms with E-state index in [0.29, 0.717) is 6.42 Å². The molecule has 0 aliphatic heterocycles. The maximum absolute atomic E-state index is 12.1. The molecule has 0 saturated heterocycles. The number of Topliss-reactive ketones (excluding diaryl/α,β-unsaturated/α-hetero) is 1. The number of nitriles is 1. The van der Waals surface area contributed by atoms with Gasteiger partial charge in [-0.05, 0) is 31.3 Å². The smallest absolute Gasteiger partial charge is 0.158 e. The van der Waals surface area contributed by atoms with Gasteiger partial charge in [-0.3, -0.25) is 4.79 Å². The largest absolute Gasteiger partial charge is 0.297 e. The van der Waals surface area contributed by atoms with Crippen LogP contribution in [-0.4, -0.2) is 17.8 Å². The van der Waals surface area contributed by atoms with Gasteiger partial charge in [0.25, 0.3) is 0 Å². The molecule has 1 aliphatic rings. The van der Waals surface area contributed by atoms with Crippen molar-refractivity contribution in [2.24, 2.45) is 10.8 Å². The molecule has 0 radical (unpaired) electrons. The first-order chi connectivity index (χ1) is 6.48. The van der Waals surface area contributed by atoms with Crippen LogP contribution in [0.3, 0.4) is 0 Å². The maximum atomic E-state index is 12.1. The number of hydrogen-bond donors (Lipinski definition) is 0. The Morgan fingerprint density at radius 3 is 2.50 bits per heavy atom. The number of thioether (sulfide) groups is 1. The van der Waals surface area contributed by atoms with Crippen molar-refractivity contribution in [3.63, 3.8) is 0 Å². The average Bonchev–Trinajstić information content (AvgIpc) is 2.39. The minimum atomic E-state index is -0.674. The predicted octanol–water partition coefficient (Wildman–Crippen LogP) is 2.64. The summed E-state index contributed by atoms with van der Waals surface area (Å²) in [7, 11) is 0. The van der Waals surface area contributed by atoms with Gasteiger partial charge in [0.05, 0.1) is 6.07 Å². The molecule has 0 spiro atoms. The van der Waals surface area contributed by atoms with E-state index in [9.17, 15) is 4.79 Å². The number of nitrogens with zero attached hydrogens (tertiary/aromatic N) is 1. The van der Waals surface area contributed by atoms with Gasteiger partial charge in [-0.15, -0.1) is 0 Å². The van der Waals surface area contributed by atoms with E-state index in [4.69, 9.17) is 5.26 Å². The second kappa shape index (κ2) is 3.94. The first kappa shape index (κ1) is 11.6. The summed E-state index contributed by atoms with van der Waals surface area (Å²) in [6.45, 7) is 3.90. The lowest BCUT2D eigenvalue weighted by molar-refractivity contribution is -0.130. The van der Waals surface area contributed by atoms with E-state index in [1.165, 1.54) is 0 Å². The second-order valence-corrected chi connectivity index (χ2v) is 5.64. The van der Waals surface area contributed by atoms with Crippen molar-refractivity contribution in [2.75, 3.05) is 12.0 Å². The van der Waals surface area contributed by atoms with Gasteiger partial charge in [-0.1, -0.05) is 13.8 Å². The summed E-state index contributed by atoms with van der Waals surface area (Å²) < 4.78 is 0. The van der Waals surface area contributed by atoms with Crippen molar-refractivity contribution < 1.29 is 4.79 Å². The molecule has 1 aliphatic carbocycles. The Bertz CT molecular complexity index is 280. The van der Waals surface area contributed by atoms with Crippen LogP contribution in [0.1, 0.15) is 33.1 Å². The van der Waals surface area contributed by atoms with E-state index in [2.05, 4.69) is 6.07 Å². The van der Waals surface area contributed by atoms with Crippen LogP contribution in [-0.2, 0) is 4.79 Å². The molecule has 0 heterocycles. The summed E-state index contributed by atoms with van der Waals surface area (Å²) in [6, 6.07) is 2.25. The van der Waals surface area contributed by atoms with Gasteiger partial charge in [0.1, 0.15) is 5.41 Å². The van der Waals surface area contributed by atoms with Gasteiger partial charge < -0.3 is 0 Å². The zero-order valence-corrected chi connectivity index (χ0v) is 9.91. The summed E-state index contributed by atoms with van der Waals surface area (Å²) in [5, 5.41) is 9.17. The molecule has 1 unspecified atom stereocenters. The topological polar surface area (TPSA) is 40.9 Å². The van der Waals surface area contributed by atoms with E-state index in [-0.39, 0.29) is 11.2 Å². The third-order valence-corrected chi connectivity index (χ3v) is 3.79. The van der Waals surface area contributed by atoms with Crippen molar-refractivity contribution in [2.45, 2.75) is 33.1 Å². The van der Waals surface area contributed by atoms with Crippen LogP contribution in [0.25, 0.3) is 0 Å². The molecule has 0 aromatic carbocycles. The summed E-state index contributed by atoms with van der Waals surface area (Å²) >= 11 is 1.70. The van der Waals surface area contributed by atoms with Crippen LogP contribution in [0.15, 0.2) is 0 Å². The lowest BCUT2D eigenvalue weighted by atomic mass is 9.79. The molecule has 78 valence electrons. The van der Waals surface area contributed by atoms with Crippen molar-refractivity contribution in [3.8, 4) is 6.07 Å². The zero-order valence-electron chi connectivity index (χ0n) is 9.09. The van der Waals surface area contributed by atoms with Crippen molar-refractivity contribution in [1.29, 1.82) is 5.26 Å². The van der Waals surface area contributed by atoms with Crippen LogP contribution >= 0.6 is 11.8 Å². The normalized spacial score (nSPS) is 30.3. The van der Waals surface area contributed by atoms with E-state index < -0.39 is 5.41 Å². The quantitative estimate of drug-likeness (QED) is 0.720. The van der Waals surface area contributed by atoms with Crippen molar-refractivity contribution >= 4 is 17.5 Å². The zero-order chi connectivity index (χ0) is 10.8. The molecular weight excluding hydrogens is 194 g/mol. The molecule has 1 rings (SSSR count). The summed E-state index contributed by atoms with van der Waals surface area (Å²) in [5.41, 5.74) is -0.958. The first-order valence-corrected chi connectivity index (χ1v) is 6.33. The predicted molar refractivity (Wildman–Crippen MR) is 59.1 cm³/mol. The lowest BCUT2D eigenvalue weighted by Gasteiger charge is -2.21. The third kappa shape index (κ3) is 1.81. The number of carbonyl (C=O) groups is 1. The van der Waals surface area contributed by atoms with Gasteiger partial charge >= 0.3 is 0 Å². The number of hydrogen-bond acceptors (Lipinski definition) is 3. The highest BCUT2D eigenvalue weighted by atomic mass is 32.2. The van der Waals surface area contributed by atoms with E-state index in [1.54, 1.807) is 11.8 Å². The monoisotopic (exact) mass is 211 g/mol. The maximum Gasteiger partial charge on any atom is 0.158 e. The van der Waals surface area contributed by atoms with E-state index in [0.717, 1.165) is 18.6 Å². The average molecular weight is 211 g/mol. The fraction of sp³-hybridized carbons (Fsp3) is 0.818. The molecule has 0 amide bonds. The molecule has 0 N–H and O–H groups in total. The van der Waals surface area contributed by atoms with Crippen molar-refractivity contribution in [3.05, 3.63) is 0 Å². The van der Waals surface area contributed by atoms with Gasteiger partial charge in [0, 0.05) is 5.41 Å². The Morgan fingerprint density at radius 1 is 1.50 bits per heavy atom. The minimum Gasteiger partial charge on any atom is -0.297 e. The van der Waals surface area contributed by atoms with Gasteiger partial charge in [0.15, 0.2) is 5.78 Å². The Hall–Kier alpha value is -0.490. The number of rotatable bonds is 3. The summed E-state index contributed by atoms with van der Waals surface area (Å²) in [4.78, 5) is 12.1. The summed E-state index contributed by atoms with van der Waals surface area (Å²) in [5.74, 6) is 1.05. The number of ketones is 1. The van der Waals surface area contributed by atoms with Crippen LogP contribution in [0.2, 0.25) is 0 Å². The molecule has 0 aromatic rings. The third-order valence-electron chi connectivity index (χ3n) is 3.17. The molecule has 3 heteroatoms. The standard InChI is InChI=1S/C11H17NOS/c1-10(2)4-5-11(8-12,9(10)13)6-7-14-3/h4-7H2,1-3H3. The highest BCUT2D eigenvalue weighted by Gasteiger charge is 2.51. The summed E-state index contributed by atoms with van der Waals surface area (Å²) in [6.07, 6.45) is 4.33.